The molecule has 21 heavy (non-hydrogen) atoms. The monoisotopic (exact) mass is 329 g/mol. The molecule has 9 heteroatoms. The maximum atomic E-state index is 12.3. The zero-order valence-electron chi connectivity index (χ0n) is 11.1. The van der Waals surface area contributed by atoms with E-state index in [0.29, 0.717) is 11.4 Å². The van der Waals surface area contributed by atoms with Crippen molar-refractivity contribution in [2.75, 3.05) is 4.72 Å². The van der Waals surface area contributed by atoms with Gasteiger partial charge in [-0.3, -0.25) is 9.82 Å². The van der Waals surface area contributed by atoms with Crippen LogP contribution in [0.4, 0.5) is 5.69 Å². The van der Waals surface area contributed by atoms with Crippen LogP contribution in [0.3, 0.4) is 0 Å². The van der Waals surface area contributed by atoms with E-state index in [1.807, 2.05) is 0 Å². The number of H-pyrrole nitrogens is 1. The molecule has 1 aromatic carbocycles. The van der Waals surface area contributed by atoms with E-state index in [4.69, 9.17) is 16.7 Å². The molecule has 0 unspecified atom stereocenters. The quantitative estimate of drug-likeness (QED) is 0.795. The number of benzene rings is 1. The number of hydrogen-bond donors (Lipinski definition) is 3. The molecule has 0 atom stereocenters. The minimum Gasteiger partial charge on any atom is -0.478 e. The number of aromatic nitrogens is 2. The predicted molar refractivity (Wildman–Crippen MR) is 77.3 cm³/mol. The molecule has 0 saturated heterocycles. The molecular formula is C12H12ClN3O4S. The van der Waals surface area contributed by atoms with Crippen LogP contribution in [0.25, 0.3) is 0 Å². The van der Waals surface area contributed by atoms with Crippen molar-refractivity contribution in [2.24, 2.45) is 0 Å². The molecule has 2 rings (SSSR count). The summed E-state index contributed by atoms with van der Waals surface area (Å²) in [6, 6.07) is 3.75. The second-order valence-electron chi connectivity index (χ2n) is 4.40. The summed E-state index contributed by atoms with van der Waals surface area (Å²) in [7, 11) is -3.89. The van der Waals surface area contributed by atoms with Gasteiger partial charge in [-0.15, -0.1) is 0 Å². The van der Waals surface area contributed by atoms with Gasteiger partial charge in [0.1, 0.15) is 4.90 Å². The van der Waals surface area contributed by atoms with Crippen LogP contribution in [0, 0.1) is 13.8 Å². The number of aryl methyl sites for hydroxylation is 2. The summed E-state index contributed by atoms with van der Waals surface area (Å²) in [6.07, 6.45) is 0. The summed E-state index contributed by atoms with van der Waals surface area (Å²) in [6.45, 7) is 3.13. The molecule has 112 valence electrons. The number of aromatic amines is 1. The summed E-state index contributed by atoms with van der Waals surface area (Å²) >= 11 is 5.79. The molecule has 7 nitrogen and oxygen atoms in total. The second kappa shape index (κ2) is 5.38. The lowest BCUT2D eigenvalue weighted by Crippen LogP contribution is -2.15. The van der Waals surface area contributed by atoms with E-state index in [1.165, 1.54) is 18.2 Å². The van der Waals surface area contributed by atoms with Gasteiger partial charge in [-0.25, -0.2) is 13.2 Å². The highest BCUT2D eigenvalue weighted by Gasteiger charge is 2.22. The van der Waals surface area contributed by atoms with Crippen molar-refractivity contribution < 1.29 is 18.3 Å². The van der Waals surface area contributed by atoms with Crippen molar-refractivity contribution in [1.29, 1.82) is 0 Å². The SMILES string of the molecule is Cc1n[nH]c(C)c1S(=O)(=O)Nc1cc(Cl)cc(C(=O)O)c1. The average Bonchev–Trinajstić information content (AvgIpc) is 2.68. The van der Waals surface area contributed by atoms with E-state index in [1.54, 1.807) is 13.8 Å². The Morgan fingerprint density at radius 2 is 2.00 bits per heavy atom. The van der Waals surface area contributed by atoms with Gasteiger partial charge in [0, 0.05) is 5.02 Å². The topological polar surface area (TPSA) is 112 Å². The lowest BCUT2D eigenvalue weighted by molar-refractivity contribution is 0.0697. The van der Waals surface area contributed by atoms with Crippen molar-refractivity contribution in [1.82, 2.24) is 10.2 Å². The zero-order chi connectivity index (χ0) is 15.8. The first-order chi connectivity index (χ1) is 9.70. The van der Waals surface area contributed by atoms with Crippen LogP contribution in [0.1, 0.15) is 21.7 Å². The highest BCUT2D eigenvalue weighted by atomic mass is 35.5. The van der Waals surface area contributed by atoms with Crippen LogP contribution in [0.15, 0.2) is 23.1 Å². The maximum Gasteiger partial charge on any atom is 0.335 e. The molecule has 1 aromatic heterocycles. The Hall–Kier alpha value is -2.06. The molecule has 0 fully saturated rings. The van der Waals surface area contributed by atoms with E-state index in [0.717, 1.165) is 0 Å². The van der Waals surface area contributed by atoms with E-state index in [2.05, 4.69) is 14.9 Å². The van der Waals surface area contributed by atoms with E-state index < -0.39 is 16.0 Å². The molecule has 0 aliphatic rings. The van der Waals surface area contributed by atoms with Crippen LogP contribution in [0.2, 0.25) is 5.02 Å². The molecule has 0 aliphatic heterocycles. The van der Waals surface area contributed by atoms with Gasteiger partial charge in [-0.1, -0.05) is 11.6 Å². The van der Waals surface area contributed by atoms with Crippen molar-refractivity contribution in [3.8, 4) is 0 Å². The Labute approximate surface area is 126 Å². The number of carboxylic acids is 1. The fourth-order valence-electron chi connectivity index (χ4n) is 1.91. The molecule has 3 N–H and O–H groups in total. The Balaban J connectivity index is 2.44. The average molecular weight is 330 g/mol. The van der Waals surface area contributed by atoms with Crippen LogP contribution >= 0.6 is 11.6 Å². The fraction of sp³-hybridized carbons (Fsp3) is 0.167. The van der Waals surface area contributed by atoms with Crippen molar-refractivity contribution >= 4 is 33.3 Å². The third-order valence-electron chi connectivity index (χ3n) is 2.73. The standard InChI is InChI=1S/C12H12ClN3O4S/c1-6-11(7(2)15-14-6)21(19,20)16-10-4-8(12(17)18)3-9(13)5-10/h3-5,16H,1-2H3,(H,14,15)(H,17,18). The van der Waals surface area contributed by atoms with Gasteiger partial charge in [0.2, 0.25) is 0 Å². The van der Waals surface area contributed by atoms with Crippen LogP contribution in [-0.4, -0.2) is 29.7 Å². The molecule has 0 aliphatic carbocycles. The number of rotatable bonds is 4. The third-order valence-corrected chi connectivity index (χ3v) is 4.59. The Morgan fingerprint density at radius 3 is 2.52 bits per heavy atom. The number of nitrogens with one attached hydrogen (secondary N) is 2. The van der Waals surface area contributed by atoms with Gasteiger partial charge in [-0.05, 0) is 32.0 Å². The highest BCUT2D eigenvalue weighted by Crippen LogP contribution is 2.24. The van der Waals surface area contributed by atoms with E-state index >= 15 is 0 Å². The molecule has 0 saturated carbocycles. The van der Waals surface area contributed by atoms with Crippen LogP contribution in [0.5, 0.6) is 0 Å². The minimum absolute atomic E-state index is 0.0272. The molecule has 2 aromatic rings. The van der Waals surface area contributed by atoms with Crippen molar-refractivity contribution in [2.45, 2.75) is 18.7 Å². The zero-order valence-corrected chi connectivity index (χ0v) is 12.7. The van der Waals surface area contributed by atoms with E-state index in [9.17, 15) is 13.2 Å². The van der Waals surface area contributed by atoms with E-state index in [-0.39, 0.29) is 21.2 Å². The predicted octanol–water partition coefficient (Wildman–Crippen LogP) is 2.18. The molecule has 1 heterocycles. The largest absolute Gasteiger partial charge is 0.478 e. The lowest BCUT2D eigenvalue weighted by Gasteiger charge is -2.09. The molecule has 0 amide bonds. The number of nitrogens with zero attached hydrogens (tertiary/aromatic N) is 1. The Kier molecular flexibility index (Phi) is 3.93. The number of carboxylic acid groups (broad SMARTS) is 1. The maximum absolute atomic E-state index is 12.3. The molecular weight excluding hydrogens is 318 g/mol. The van der Waals surface area contributed by atoms with Gasteiger partial charge in [0.15, 0.2) is 0 Å². The fourth-order valence-corrected chi connectivity index (χ4v) is 3.56. The number of carbonyl (C=O) groups is 1. The van der Waals surface area contributed by atoms with Gasteiger partial charge in [-0.2, -0.15) is 5.10 Å². The minimum atomic E-state index is -3.89. The molecule has 0 spiro atoms. The van der Waals surface area contributed by atoms with Crippen molar-refractivity contribution in [3.63, 3.8) is 0 Å². The summed E-state index contributed by atoms with van der Waals surface area (Å²) in [5, 5.41) is 15.5. The summed E-state index contributed by atoms with van der Waals surface area (Å²) in [4.78, 5) is 11.0. The Bertz CT molecular complexity index is 794. The number of halogens is 1. The second-order valence-corrected chi connectivity index (χ2v) is 6.46. The van der Waals surface area contributed by atoms with Gasteiger partial charge < -0.3 is 5.11 Å². The smallest absolute Gasteiger partial charge is 0.335 e. The number of hydrogen-bond acceptors (Lipinski definition) is 4. The summed E-state index contributed by atoms with van der Waals surface area (Å²) < 4.78 is 27.0. The van der Waals surface area contributed by atoms with Crippen LogP contribution in [-0.2, 0) is 10.0 Å². The first-order valence-electron chi connectivity index (χ1n) is 5.79. The first-order valence-corrected chi connectivity index (χ1v) is 7.65. The normalized spacial score (nSPS) is 11.4. The third kappa shape index (κ3) is 3.17. The Morgan fingerprint density at radius 1 is 1.33 bits per heavy atom. The summed E-state index contributed by atoms with van der Waals surface area (Å²) in [5.74, 6) is -1.20. The van der Waals surface area contributed by atoms with Gasteiger partial charge in [0.05, 0.1) is 22.6 Å². The lowest BCUT2D eigenvalue weighted by atomic mass is 10.2. The number of aromatic carboxylic acids is 1. The summed E-state index contributed by atoms with van der Waals surface area (Å²) in [5.41, 5.74) is 0.668. The first kappa shape index (κ1) is 15.3. The molecule has 0 radical (unpaired) electrons. The van der Waals surface area contributed by atoms with Gasteiger partial charge >= 0.3 is 5.97 Å². The van der Waals surface area contributed by atoms with Gasteiger partial charge in [0.25, 0.3) is 10.0 Å². The molecule has 0 bridgehead atoms. The number of sulfonamides is 1. The number of anilines is 1. The van der Waals surface area contributed by atoms with Crippen molar-refractivity contribution in [3.05, 3.63) is 40.2 Å². The van der Waals surface area contributed by atoms with Crippen LogP contribution < -0.4 is 4.72 Å². The highest BCUT2D eigenvalue weighted by molar-refractivity contribution is 7.92.